The predicted molar refractivity (Wildman–Crippen MR) is 88.1 cm³/mol. The third-order valence-electron chi connectivity index (χ3n) is 3.67. The minimum atomic E-state index is -1.26. The first-order valence-electron chi connectivity index (χ1n) is 6.92. The molecule has 12 heteroatoms. The van der Waals surface area contributed by atoms with E-state index in [4.69, 9.17) is 5.73 Å². The number of anilines is 1. The SMILES string of the molecule is Nc1nc(CC(=O)N[C@@H]2C(=O)N3C(C(=O)O)=C(CO)CS[C@H]23)cs1.[H-].[Na+]. The predicted octanol–water partition coefficient (Wildman–Crippen LogP) is -3.88. The number of aliphatic hydroxyl groups excluding tert-OH is 1. The molecule has 0 aromatic carbocycles. The average Bonchev–Trinajstić information content (AvgIpc) is 2.95. The molecule has 1 saturated heterocycles. The van der Waals surface area contributed by atoms with Gasteiger partial charge in [0.05, 0.1) is 18.7 Å². The summed E-state index contributed by atoms with van der Waals surface area (Å²) in [5.41, 5.74) is 6.12. The standard InChI is InChI=1S/C13H14N4O5S2.Na.H/c14-13-15-6(4-24-13)1-7(19)16-8-10(20)17-9(12(21)22)5(2-18)3-23-11(8)17;;/h4,8,11,18H,1-3H2,(H2,14,15)(H,16,19)(H,21,22);;/q;+1;-1/t8-,11-;;/m1../s1. The number of hydrogen-bond acceptors (Lipinski definition) is 8. The van der Waals surface area contributed by atoms with E-state index in [0.717, 1.165) is 4.90 Å². The summed E-state index contributed by atoms with van der Waals surface area (Å²) >= 11 is 2.53. The molecule has 1 aromatic heterocycles. The van der Waals surface area contributed by atoms with E-state index in [9.17, 15) is 24.6 Å². The number of rotatable bonds is 5. The van der Waals surface area contributed by atoms with Crippen LogP contribution in [0.2, 0.25) is 0 Å². The zero-order valence-electron chi connectivity index (χ0n) is 14.3. The van der Waals surface area contributed by atoms with E-state index < -0.39 is 29.9 Å². The second kappa shape index (κ2) is 8.06. The van der Waals surface area contributed by atoms with Crippen molar-refractivity contribution in [2.24, 2.45) is 0 Å². The number of nitrogen functional groups attached to an aromatic ring is 1. The minimum Gasteiger partial charge on any atom is -1.00 e. The van der Waals surface area contributed by atoms with Crippen LogP contribution in [0, 0.1) is 0 Å². The fourth-order valence-electron chi connectivity index (χ4n) is 2.60. The number of hydrogen-bond donors (Lipinski definition) is 4. The number of β-lactam (4-membered cyclic amide) rings is 1. The Hall–Kier alpha value is -1.11. The van der Waals surface area contributed by atoms with E-state index in [-0.39, 0.29) is 49.0 Å². The van der Waals surface area contributed by atoms with Gasteiger partial charge in [-0.3, -0.25) is 14.5 Å². The number of thiazole rings is 1. The second-order valence-corrected chi connectivity index (χ2v) is 7.22. The molecule has 1 aromatic rings. The van der Waals surface area contributed by atoms with Crippen LogP contribution < -0.4 is 40.6 Å². The Morgan fingerprint density at radius 3 is 2.80 bits per heavy atom. The van der Waals surface area contributed by atoms with Gasteiger partial charge in [-0.05, 0) is 5.57 Å². The van der Waals surface area contributed by atoms with Gasteiger partial charge < -0.3 is 22.7 Å². The maximum Gasteiger partial charge on any atom is 1.00 e. The summed E-state index contributed by atoms with van der Waals surface area (Å²) in [5.74, 6) is -1.85. The second-order valence-electron chi connectivity index (χ2n) is 5.22. The fraction of sp³-hybridized carbons (Fsp3) is 0.385. The van der Waals surface area contributed by atoms with Crippen molar-refractivity contribution in [1.82, 2.24) is 15.2 Å². The van der Waals surface area contributed by atoms with Crippen LogP contribution in [0.25, 0.3) is 0 Å². The molecule has 0 bridgehead atoms. The molecule has 2 amide bonds. The Labute approximate surface area is 174 Å². The Morgan fingerprint density at radius 2 is 2.24 bits per heavy atom. The quantitative estimate of drug-likeness (QED) is 0.293. The number of carboxylic acid groups (broad SMARTS) is 1. The van der Waals surface area contributed by atoms with Gasteiger partial charge in [0.15, 0.2) is 5.13 Å². The number of nitrogens with one attached hydrogen (secondary N) is 1. The van der Waals surface area contributed by atoms with Crippen LogP contribution in [0.4, 0.5) is 5.13 Å². The molecule has 2 aliphatic rings. The zero-order valence-corrected chi connectivity index (χ0v) is 16.9. The molecule has 1 fully saturated rings. The van der Waals surface area contributed by atoms with Crippen LogP contribution in [-0.2, 0) is 20.8 Å². The number of nitrogens with two attached hydrogens (primary N) is 1. The van der Waals surface area contributed by atoms with Crippen molar-refractivity contribution >= 4 is 46.0 Å². The molecule has 3 heterocycles. The largest absolute Gasteiger partial charge is 1.00 e. The molecule has 0 spiro atoms. The van der Waals surface area contributed by atoms with E-state index >= 15 is 0 Å². The number of carbonyl (C=O) groups excluding carboxylic acids is 2. The number of thioether (sulfide) groups is 1. The molecule has 25 heavy (non-hydrogen) atoms. The molecule has 5 N–H and O–H groups in total. The van der Waals surface area contributed by atoms with Crippen molar-refractivity contribution in [3.05, 3.63) is 22.3 Å². The Balaban J connectivity index is 0.00000169. The smallest absolute Gasteiger partial charge is 1.00 e. The van der Waals surface area contributed by atoms with Gasteiger partial charge in [0, 0.05) is 11.1 Å². The molecular formula is C13H15N4NaO5S2. The van der Waals surface area contributed by atoms with E-state index in [1.807, 2.05) is 0 Å². The zero-order chi connectivity index (χ0) is 17.4. The van der Waals surface area contributed by atoms with Gasteiger partial charge in [-0.25, -0.2) is 9.78 Å². The summed E-state index contributed by atoms with van der Waals surface area (Å²) in [6.07, 6.45) is -0.00160. The molecular weight excluding hydrogens is 379 g/mol. The third-order valence-corrected chi connectivity index (χ3v) is 5.73. The number of aliphatic hydroxyl groups is 1. The monoisotopic (exact) mass is 394 g/mol. The van der Waals surface area contributed by atoms with Crippen LogP contribution in [0.1, 0.15) is 7.12 Å². The Kier molecular flexibility index (Phi) is 6.51. The molecule has 0 saturated carbocycles. The van der Waals surface area contributed by atoms with Crippen molar-refractivity contribution in [2.75, 3.05) is 18.1 Å². The maximum absolute atomic E-state index is 12.2. The number of fused-ring (bicyclic) bond motifs is 1. The summed E-state index contributed by atoms with van der Waals surface area (Å²) < 4.78 is 0. The van der Waals surface area contributed by atoms with Crippen molar-refractivity contribution in [1.29, 1.82) is 0 Å². The Bertz CT molecular complexity index is 759. The van der Waals surface area contributed by atoms with Crippen LogP contribution in [0.5, 0.6) is 0 Å². The van der Waals surface area contributed by atoms with Crippen LogP contribution in [0.3, 0.4) is 0 Å². The first kappa shape index (κ1) is 20.2. The van der Waals surface area contributed by atoms with Crippen molar-refractivity contribution in [2.45, 2.75) is 17.8 Å². The van der Waals surface area contributed by atoms with Crippen LogP contribution >= 0.6 is 23.1 Å². The molecule has 9 nitrogen and oxygen atoms in total. The normalized spacial score (nSPS) is 22.0. The van der Waals surface area contributed by atoms with Crippen LogP contribution in [0.15, 0.2) is 16.7 Å². The number of carbonyl (C=O) groups is 3. The summed E-state index contributed by atoms with van der Waals surface area (Å²) in [7, 11) is 0. The van der Waals surface area contributed by atoms with E-state index in [1.165, 1.54) is 23.1 Å². The fourth-order valence-corrected chi connectivity index (χ4v) is 4.50. The molecule has 2 atom stereocenters. The summed E-state index contributed by atoms with van der Waals surface area (Å²) in [4.78, 5) is 40.7. The molecule has 0 radical (unpaired) electrons. The summed E-state index contributed by atoms with van der Waals surface area (Å²) in [6, 6.07) is -0.784. The number of carboxylic acids is 1. The summed E-state index contributed by atoms with van der Waals surface area (Å²) in [6.45, 7) is -0.423. The van der Waals surface area contributed by atoms with Gasteiger partial charge in [0.25, 0.3) is 5.91 Å². The van der Waals surface area contributed by atoms with E-state index in [1.54, 1.807) is 5.38 Å². The van der Waals surface area contributed by atoms with Crippen molar-refractivity contribution in [3.8, 4) is 0 Å². The third kappa shape index (κ3) is 3.86. The number of aliphatic carboxylic acids is 1. The molecule has 2 aliphatic heterocycles. The van der Waals surface area contributed by atoms with Gasteiger partial charge in [-0.15, -0.1) is 23.1 Å². The van der Waals surface area contributed by atoms with Gasteiger partial charge in [0.1, 0.15) is 17.1 Å². The number of amides is 2. The minimum absolute atomic E-state index is 0. The average molecular weight is 394 g/mol. The van der Waals surface area contributed by atoms with E-state index in [2.05, 4.69) is 10.3 Å². The molecule has 0 aliphatic carbocycles. The first-order chi connectivity index (χ1) is 11.4. The first-order valence-corrected chi connectivity index (χ1v) is 8.85. The van der Waals surface area contributed by atoms with Gasteiger partial charge in [-0.2, -0.15) is 0 Å². The van der Waals surface area contributed by atoms with Crippen molar-refractivity contribution in [3.63, 3.8) is 0 Å². The van der Waals surface area contributed by atoms with Gasteiger partial charge in [0.2, 0.25) is 5.91 Å². The summed E-state index contributed by atoms with van der Waals surface area (Å²) in [5, 5.41) is 22.7. The molecule has 0 unspecified atom stereocenters. The number of aromatic nitrogens is 1. The van der Waals surface area contributed by atoms with Gasteiger partial charge in [-0.1, -0.05) is 0 Å². The topological polar surface area (TPSA) is 146 Å². The molecule has 3 rings (SSSR count). The number of nitrogens with zero attached hydrogens (tertiary/aromatic N) is 2. The van der Waals surface area contributed by atoms with Crippen LogP contribution in [-0.4, -0.2) is 61.7 Å². The maximum atomic E-state index is 12.2. The van der Waals surface area contributed by atoms with E-state index in [0.29, 0.717) is 22.2 Å². The van der Waals surface area contributed by atoms with Gasteiger partial charge >= 0.3 is 35.5 Å². The van der Waals surface area contributed by atoms with Crippen molar-refractivity contribution < 1.29 is 55.6 Å². The Morgan fingerprint density at radius 1 is 1.52 bits per heavy atom. The molecule has 130 valence electrons.